The number of rotatable bonds is 3. The van der Waals surface area contributed by atoms with Crippen molar-refractivity contribution < 1.29 is 4.74 Å². The maximum absolute atomic E-state index is 5.20. The molecule has 0 bridgehead atoms. The van der Waals surface area contributed by atoms with E-state index in [4.69, 9.17) is 4.74 Å². The smallest absolute Gasteiger partial charge is 0.126 e. The molecule has 0 N–H and O–H groups in total. The molecule has 0 heterocycles. The van der Waals surface area contributed by atoms with Gasteiger partial charge in [-0.3, -0.25) is 0 Å². The molecule has 0 saturated heterocycles. The molecule has 0 aliphatic rings. The fourth-order valence-corrected chi connectivity index (χ4v) is 1.94. The van der Waals surface area contributed by atoms with Crippen molar-refractivity contribution in [2.75, 3.05) is 13.3 Å². The Morgan fingerprint density at radius 2 is 2.09 bits per heavy atom. The van der Waals surface area contributed by atoms with Crippen LogP contribution in [0.2, 0.25) is 0 Å². The molecular formula is C9H13OP. The van der Waals surface area contributed by atoms with E-state index in [1.165, 1.54) is 11.5 Å². The monoisotopic (exact) mass is 168 g/mol. The van der Waals surface area contributed by atoms with E-state index in [0.717, 1.165) is 14.3 Å². The van der Waals surface area contributed by atoms with Gasteiger partial charge in [0.1, 0.15) is 5.75 Å². The predicted octanol–water partition coefficient (Wildman–Crippen LogP) is 2.02. The normalized spacial score (nSPS) is 10.7. The molecule has 0 spiro atoms. The third-order valence-corrected chi connectivity index (χ3v) is 2.62. The molecule has 0 amide bonds. The zero-order valence-electron chi connectivity index (χ0n) is 6.92. The number of hydrogen-bond acceptors (Lipinski definition) is 1. The van der Waals surface area contributed by atoms with E-state index in [2.05, 4.69) is 19.1 Å². The quantitative estimate of drug-likeness (QED) is 0.627. The molecule has 0 aliphatic heterocycles. The van der Waals surface area contributed by atoms with Gasteiger partial charge < -0.3 is 4.74 Å². The van der Waals surface area contributed by atoms with Crippen LogP contribution >= 0.6 is 8.58 Å². The van der Waals surface area contributed by atoms with Crippen molar-refractivity contribution in [1.82, 2.24) is 0 Å². The summed E-state index contributed by atoms with van der Waals surface area (Å²) in [7, 11) is 2.59. The molecule has 0 fully saturated rings. The Morgan fingerprint density at radius 1 is 1.36 bits per heavy atom. The van der Waals surface area contributed by atoms with Crippen LogP contribution in [0, 0.1) is 0 Å². The van der Waals surface area contributed by atoms with Crippen LogP contribution in [0.15, 0.2) is 24.3 Å². The molecule has 0 aromatic heterocycles. The summed E-state index contributed by atoms with van der Waals surface area (Å²) < 4.78 is 5.20. The second kappa shape index (κ2) is 4.35. The van der Waals surface area contributed by atoms with Crippen LogP contribution in [0.5, 0.6) is 5.75 Å². The van der Waals surface area contributed by atoms with E-state index in [1.807, 2.05) is 12.1 Å². The minimum Gasteiger partial charge on any atom is -0.496 e. The second-order valence-electron chi connectivity index (χ2n) is 2.23. The summed E-state index contributed by atoms with van der Waals surface area (Å²) in [6.07, 6.45) is 1.19. The maximum atomic E-state index is 5.20. The minimum atomic E-state index is 0.868. The molecule has 2 heteroatoms. The molecule has 1 nitrogen and oxygen atoms in total. The molecular weight excluding hydrogens is 155 g/mol. The van der Waals surface area contributed by atoms with Gasteiger partial charge in [-0.15, -0.1) is 0 Å². The molecule has 1 unspecified atom stereocenters. The van der Waals surface area contributed by atoms with Crippen LogP contribution in [-0.4, -0.2) is 13.3 Å². The molecule has 60 valence electrons. The summed E-state index contributed by atoms with van der Waals surface area (Å²) in [5.74, 6) is 1.02. The van der Waals surface area contributed by atoms with Gasteiger partial charge in [0.05, 0.1) is 7.11 Å². The number of benzene rings is 1. The number of ether oxygens (including phenoxy) is 1. The third-order valence-electron chi connectivity index (χ3n) is 1.47. The first-order valence-electron chi connectivity index (χ1n) is 3.75. The lowest BCUT2D eigenvalue weighted by Crippen LogP contribution is -2.00. The van der Waals surface area contributed by atoms with Gasteiger partial charge >= 0.3 is 0 Å². The van der Waals surface area contributed by atoms with E-state index < -0.39 is 0 Å². The lowest BCUT2D eigenvalue weighted by atomic mass is 10.3. The van der Waals surface area contributed by atoms with Crippen molar-refractivity contribution in [2.24, 2.45) is 0 Å². The molecule has 1 aromatic rings. The first kappa shape index (κ1) is 8.55. The van der Waals surface area contributed by atoms with Crippen LogP contribution in [-0.2, 0) is 0 Å². The molecule has 1 atom stereocenters. The summed E-state index contributed by atoms with van der Waals surface area (Å²) in [5.41, 5.74) is 0. The van der Waals surface area contributed by atoms with Crippen LogP contribution in [0.4, 0.5) is 0 Å². The fraction of sp³-hybridized carbons (Fsp3) is 0.333. The lowest BCUT2D eigenvalue weighted by molar-refractivity contribution is 0.418. The van der Waals surface area contributed by atoms with Crippen LogP contribution in [0.25, 0.3) is 0 Å². The minimum absolute atomic E-state index is 0.868. The van der Waals surface area contributed by atoms with Crippen molar-refractivity contribution in [2.45, 2.75) is 6.92 Å². The van der Waals surface area contributed by atoms with Crippen molar-refractivity contribution in [3.8, 4) is 5.75 Å². The molecule has 0 aliphatic carbocycles. The van der Waals surface area contributed by atoms with Crippen molar-refractivity contribution in [1.29, 1.82) is 0 Å². The van der Waals surface area contributed by atoms with Crippen molar-refractivity contribution in [3.63, 3.8) is 0 Å². The molecule has 1 rings (SSSR count). The largest absolute Gasteiger partial charge is 0.496 e. The first-order chi connectivity index (χ1) is 5.38. The molecule has 0 saturated carbocycles. The topological polar surface area (TPSA) is 9.23 Å². The Kier molecular flexibility index (Phi) is 3.38. The molecule has 0 radical (unpaired) electrons. The van der Waals surface area contributed by atoms with Gasteiger partial charge in [0, 0.05) is 5.30 Å². The number of para-hydroxylation sites is 1. The van der Waals surface area contributed by atoms with Crippen LogP contribution < -0.4 is 10.0 Å². The fourth-order valence-electron chi connectivity index (χ4n) is 0.981. The number of hydrogen-bond donors (Lipinski definition) is 0. The van der Waals surface area contributed by atoms with Crippen molar-refractivity contribution in [3.05, 3.63) is 24.3 Å². The maximum Gasteiger partial charge on any atom is 0.126 e. The second-order valence-corrected chi connectivity index (χ2v) is 3.83. The standard InChI is InChI=1S/C9H13OP/c1-3-11-9-7-5-4-6-8(9)10-2/h4-7,11H,3H2,1-2H3. The highest BCUT2D eigenvalue weighted by Gasteiger charge is 1.97. The van der Waals surface area contributed by atoms with E-state index in [9.17, 15) is 0 Å². The highest BCUT2D eigenvalue weighted by molar-refractivity contribution is 7.47. The average molecular weight is 168 g/mol. The van der Waals surface area contributed by atoms with Crippen molar-refractivity contribution >= 4 is 13.9 Å². The van der Waals surface area contributed by atoms with Gasteiger partial charge in [0.2, 0.25) is 0 Å². The Bertz CT molecular complexity index is 223. The van der Waals surface area contributed by atoms with E-state index >= 15 is 0 Å². The first-order valence-corrected chi connectivity index (χ1v) is 4.96. The van der Waals surface area contributed by atoms with Gasteiger partial charge in [-0.1, -0.05) is 33.7 Å². The SMILES string of the molecule is CCPc1ccccc1OC. The summed E-state index contributed by atoms with van der Waals surface area (Å²) in [6, 6.07) is 8.20. The van der Waals surface area contributed by atoms with Crippen LogP contribution in [0.3, 0.4) is 0 Å². The lowest BCUT2D eigenvalue weighted by Gasteiger charge is -2.05. The summed E-state index contributed by atoms with van der Waals surface area (Å²) in [6.45, 7) is 2.19. The molecule has 11 heavy (non-hydrogen) atoms. The zero-order valence-corrected chi connectivity index (χ0v) is 7.92. The van der Waals surface area contributed by atoms with Gasteiger partial charge in [0.15, 0.2) is 0 Å². The van der Waals surface area contributed by atoms with Gasteiger partial charge in [-0.25, -0.2) is 0 Å². The van der Waals surface area contributed by atoms with Gasteiger partial charge in [-0.05, 0) is 12.2 Å². The Morgan fingerprint density at radius 3 is 2.73 bits per heavy atom. The highest BCUT2D eigenvalue weighted by Crippen LogP contribution is 2.17. The van der Waals surface area contributed by atoms with Gasteiger partial charge in [-0.2, -0.15) is 0 Å². The van der Waals surface area contributed by atoms with E-state index in [0.29, 0.717) is 0 Å². The predicted molar refractivity (Wildman–Crippen MR) is 51.5 cm³/mol. The van der Waals surface area contributed by atoms with Gasteiger partial charge in [0.25, 0.3) is 0 Å². The molecule has 1 aromatic carbocycles. The summed E-state index contributed by atoms with van der Waals surface area (Å²) in [5, 5.41) is 1.33. The zero-order chi connectivity index (χ0) is 8.10. The third kappa shape index (κ3) is 2.20. The van der Waals surface area contributed by atoms with Crippen LogP contribution in [0.1, 0.15) is 6.92 Å². The summed E-state index contributed by atoms with van der Waals surface area (Å²) >= 11 is 0. The average Bonchev–Trinajstić information content (AvgIpc) is 2.06. The Balaban J connectivity index is 2.83. The Labute approximate surface area is 69.6 Å². The summed E-state index contributed by atoms with van der Waals surface area (Å²) in [4.78, 5) is 0. The highest BCUT2D eigenvalue weighted by atomic mass is 31.1. The van der Waals surface area contributed by atoms with E-state index in [1.54, 1.807) is 7.11 Å². The Hall–Kier alpha value is -0.550. The number of methoxy groups -OCH3 is 1. The van der Waals surface area contributed by atoms with E-state index in [-0.39, 0.29) is 0 Å².